The Kier molecular flexibility index (Phi) is 4.39. The predicted molar refractivity (Wildman–Crippen MR) is 113 cm³/mol. The number of alkyl halides is 3. The molecule has 3 aromatic carbocycles. The molecule has 0 saturated heterocycles. The molecule has 1 aliphatic rings. The number of rotatable bonds is 2. The van der Waals surface area contributed by atoms with Gasteiger partial charge >= 0.3 is 6.18 Å². The predicted octanol–water partition coefficient (Wildman–Crippen LogP) is 6.02. The molecule has 154 valence electrons. The molecule has 0 unspecified atom stereocenters. The molecule has 0 spiro atoms. The lowest BCUT2D eigenvalue weighted by Crippen LogP contribution is -2.43. The average Bonchev–Trinajstić information content (AvgIpc) is 2.78. The molecule has 1 aromatic heterocycles. The van der Waals surface area contributed by atoms with E-state index in [1.165, 1.54) is 17.0 Å². The molecule has 1 amide bonds. The van der Waals surface area contributed by atoms with Crippen LogP contribution in [0.2, 0.25) is 0 Å². The molecule has 2 heterocycles. The molecule has 0 aliphatic carbocycles. The zero-order chi connectivity index (χ0) is 21.6. The van der Waals surface area contributed by atoms with Gasteiger partial charge in [0.25, 0.3) is 5.91 Å². The van der Waals surface area contributed by atoms with Crippen LogP contribution in [0.15, 0.2) is 85.1 Å². The van der Waals surface area contributed by atoms with Crippen molar-refractivity contribution < 1.29 is 18.0 Å². The number of fused-ring (bicyclic) bond motifs is 2. The summed E-state index contributed by atoms with van der Waals surface area (Å²) >= 11 is 0. The molecule has 5 rings (SSSR count). The molecule has 31 heavy (non-hydrogen) atoms. The lowest BCUT2D eigenvalue weighted by molar-refractivity contribution is -0.137. The van der Waals surface area contributed by atoms with Crippen LogP contribution in [-0.2, 0) is 6.18 Å². The fraction of sp³-hybridized carbons (Fsp3) is 0.0833. The van der Waals surface area contributed by atoms with Gasteiger partial charge in [-0.25, -0.2) is 0 Å². The Hall–Kier alpha value is -3.87. The van der Waals surface area contributed by atoms with Crippen LogP contribution < -0.4 is 10.2 Å². The molecule has 0 bridgehead atoms. The van der Waals surface area contributed by atoms with Gasteiger partial charge in [0.1, 0.15) is 6.17 Å². The number of nitrogens with zero attached hydrogens (tertiary/aromatic N) is 2. The fourth-order valence-corrected chi connectivity index (χ4v) is 3.84. The minimum absolute atomic E-state index is 0.160. The van der Waals surface area contributed by atoms with Crippen molar-refractivity contribution in [3.05, 3.63) is 102 Å². The quantitative estimate of drug-likeness (QED) is 0.432. The van der Waals surface area contributed by atoms with Crippen molar-refractivity contribution in [1.82, 2.24) is 4.98 Å². The Bertz CT molecular complexity index is 1300. The van der Waals surface area contributed by atoms with Crippen molar-refractivity contribution in [2.75, 3.05) is 10.2 Å². The first-order valence-corrected chi connectivity index (χ1v) is 9.63. The normalized spacial score (nSPS) is 16.2. The van der Waals surface area contributed by atoms with Crippen LogP contribution in [0.5, 0.6) is 0 Å². The van der Waals surface area contributed by atoms with Crippen LogP contribution in [0, 0.1) is 0 Å². The lowest BCUT2D eigenvalue weighted by atomic mass is 10.0. The molecular weight excluding hydrogens is 403 g/mol. The summed E-state index contributed by atoms with van der Waals surface area (Å²) in [5.41, 5.74) is 1.82. The summed E-state index contributed by atoms with van der Waals surface area (Å²) in [6, 6.07) is 21.1. The van der Waals surface area contributed by atoms with Crippen molar-refractivity contribution in [3.63, 3.8) is 0 Å². The Morgan fingerprint density at radius 2 is 1.74 bits per heavy atom. The van der Waals surface area contributed by atoms with E-state index in [0.29, 0.717) is 16.8 Å². The number of hydrogen-bond acceptors (Lipinski definition) is 3. The number of nitrogens with one attached hydrogen (secondary N) is 1. The summed E-state index contributed by atoms with van der Waals surface area (Å²) in [5.74, 6) is -0.375. The monoisotopic (exact) mass is 419 g/mol. The summed E-state index contributed by atoms with van der Waals surface area (Å²) in [5, 5.41) is 4.24. The van der Waals surface area contributed by atoms with E-state index in [1.807, 2.05) is 30.3 Å². The zero-order valence-corrected chi connectivity index (χ0v) is 16.1. The van der Waals surface area contributed by atoms with Crippen molar-refractivity contribution in [2.24, 2.45) is 0 Å². The van der Waals surface area contributed by atoms with E-state index < -0.39 is 17.9 Å². The van der Waals surface area contributed by atoms with Crippen LogP contribution in [0.1, 0.15) is 27.7 Å². The van der Waals surface area contributed by atoms with E-state index in [1.54, 1.807) is 30.5 Å². The summed E-state index contributed by atoms with van der Waals surface area (Å²) < 4.78 is 40.0. The summed E-state index contributed by atoms with van der Waals surface area (Å²) in [4.78, 5) is 19.1. The molecular formula is C24H16F3N3O. The van der Waals surface area contributed by atoms with Crippen LogP contribution in [0.3, 0.4) is 0 Å². The maximum atomic E-state index is 13.4. The minimum atomic E-state index is -4.51. The Morgan fingerprint density at radius 3 is 2.58 bits per heavy atom. The minimum Gasteiger partial charge on any atom is -0.360 e. The zero-order valence-electron chi connectivity index (χ0n) is 16.1. The Morgan fingerprint density at radius 1 is 0.903 bits per heavy atom. The van der Waals surface area contributed by atoms with Gasteiger partial charge in [0.15, 0.2) is 0 Å². The lowest BCUT2D eigenvalue weighted by Gasteiger charge is -2.38. The van der Waals surface area contributed by atoms with E-state index in [4.69, 9.17) is 0 Å². The highest BCUT2D eigenvalue weighted by Gasteiger charge is 2.36. The number of aromatic nitrogens is 1. The van der Waals surface area contributed by atoms with Gasteiger partial charge in [-0.15, -0.1) is 0 Å². The molecule has 0 fully saturated rings. The first kappa shape index (κ1) is 19.1. The Balaban J connectivity index is 1.68. The number of hydrogen-bond donors (Lipinski definition) is 1. The second kappa shape index (κ2) is 7.12. The van der Waals surface area contributed by atoms with Crippen molar-refractivity contribution in [1.29, 1.82) is 0 Å². The van der Waals surface area contributed by atoms with Gasteiger partial charge in [-0.05, 0) is 48.0 Å². The maximum Gasteiger partial charge on any atom is 0.416 e. The smallest absolute Gasteiger partial charge is 0.360 e. The first-order chi connectivity index (χ1) is 14.9. The summed E-state index contributed by atoms with van der Waals surface area (Å²) in [6.07, 6.45) is -3.54. The average molecular weight is 419 g/mol. The van der Waals surface area contributed by atoms with Crippen LogP contribution in [0.25, 0.3) is 10.9 Å². The second-order valence-corrected chi connectivity index (χ2v) is 7.27. The highest BCUT2D eigenvalue weighted by atomic mass is 19.4. The number of benzene rings is 3. The number of carbonyl (C=O) groups is 1. The molecule has 0 radical (unpaired) electrons. The van der Waals surface area contributed by atoms with Gasteiger partial charge in [-0.1, -0.05) is 36.4 Å². The van der Waals surface area contributed by atoms with Crippen LogP contribution >= 0.6 is 0 Å². The van der Waals surface area contributed by atoms with E-state index in [-0.39, 0.29) is 11.6 Å². The van der Waals surface area contributed by atoms with E-state index in [0.717, 1.165) is 23.0 Å². The van der Waals surface area contributed by atoms with Crippen molar-refractivity contribution in [3.8, 4) is 0 Å². The third-order valence-corrected chi connectivity index (χ3v) is 5.32. The summed E-state index contributed by atoms with van der Waals surface area (Å²) in [7, 11) is 0. The summed E-state index contributed by atoms with van der Waals surface area (Å²) in [6.45, 7) is 0. The second-order valence-electron chi connectivity index (χ2n) is 7.27. The van der Waals surface area contributed by atoms with E-state index >= 15 is 0 Å². The SMILES string of the molecule is O=C1c2ccccc2N[C@@H](c2ccc3cccnc3c2)N1c1cccc(C(F)(F)F)c1. The molecule has 0 saturated carbocycles. The molecule has 4 nitrogen and oxygen atoms in total. The molecule has 1 atom stereocenters. The number of amides is 1. The van der Waals surface area contributed by atoms with Crippen LogP contribution in [-0.4, -0.2) is 10.9 Å². The molecule has 1 aliphatic heterocycles. The van der Waals surface area contributed by atoms with E-state index in [9.17, 15) is 18.0 Å². The number of pyridine rings is 1. The number of para-hydroxylation sites is 1. The van der Waals surface area contributed by atoms with Crippen molar-refractivity contribution >= 4 is 28.2 Å². The molecule has 4 aromatic rings. The third-order valence-electron chi connectivity index (χ3n) is 5.32. The molecule has 1 N–H and O–H groups in total. The standard InChI is InChI=1S/C24H16F3N3O/c25-24(26,27)17-6-3-7-18(14-17)30-22(29-20-9-2-1-8-19(20)23(30)31)16-11-10-15-5-4-12-28-21(15)13-16/h1-14,22,29H/t22-/m1/s1. The largest absolute Gasteiger partial charge is 0.416 e. The topological polar surface area (TPSA) is 45.2 Å². The van der Waals surface area contributed by atoms with Crippen LogP contribution in [0.4, 0.5) is 24.5 Å². The van der Waals surface area contributed by atoms with Gasteiger partial charge in [-0.2, -0.15) is 13.2 Å². The highest BCUT2D eigenvalue weighted by Crippen LogP contribution is 2.39. The first-order valence-electron chi connectivity index (χ1n) is 9.63. The number of carbonyl (C=O) groups excluding carboxylic acids is 1. The van der Waals surface area contributed by atoms with Gasteiger partial charge in [-0.3, -0.25) is 14.7 Å². The highest BCUT2D eigenvalue weighted by molar-refractivity contribution is 6.12. The van der Waals surface area contributed by atoms with Gasteiger partial charge < -0.3 is 5.32 Å². The van der Waals surface area contributed by atoms with Gasteiger partial charge in [0, 0.05) is 23.0 Å². The molecule has 7 heteroatoms. The third kappa shape index (κ3) is 3.38. The van der Waals surface area contributed by atoms with E-state index in [2.05, 4.69) is 10.3 Å². The Labute approximate surface area is 176 Å². The fourth-order valence-electron chi connectivity index (χ4n) is 3.84. The maximum absolute atomic E-state index is 13.4. The van der Waals surface area contributed by atoms with Gasteiger partial charge in [0.2, 0.25) is 0 Å². The van der Waals surface area contributed by atoms with Gasteiger partial charge in [0.05, 0.1) is 16.6 Å². The van der Waals surface area contributed by atoms with Crippen molar-refractivity contribution in [2.45, 2.75) is 12.3 Å². The number of halogens is 3. The number of anilines is 2.